The van der Waals surface area contributed by atoms with E-state index in [4.69, 9.17) is 0 Å². The third-order valence-corrected chi connectivity index (χ3v) is 0.437. The lowest BCUT2D eigenvalue weighted by atomic mass is 10.7. The highest BCUT2D eigenvalue weighted by atomic mass is 32.1. The molecule has 0 aliphatic rings. The van der Waals surface area contributed by atoms with Crippen LogP contribution in [0.1, 0.15) is 0 Å². The zero-order valence-electron chi connectivity index (χ0n) is 3.05. The molecule has 0 saturated heterocycles. The maximum absolute atomic E-state index is 9.76. The van der Waals surface area contributed by atoms with Crippen molar-refractivity contribution in [3.63, 3.8) is 0 Å². The van der Waals surface area contributed by atoms with E-state index in [1.54, 1.807) is 0 Å². The number of carbonyl (C=O) groups is 1. The first-order valence-electron chi connectivity index (χ1n) is 1.29. The van der Waals surface area contributed by atoms with Gasteiger partial charge in [-0.2, -0.15) is 0 Å². The van der Waals surface area contributed by atoms with E-state index >= 15 is 0 Å². The average Bonchev–Trinajstić information content (AvgIpc) is 1.65. The first-order valence-corrected chi connectivity index (χ1v) is 1.65. The summed E-state index contributed by atoms with van der Waals surface area (Å²) in [6.45, 7) is 3.11. The Bertz CT molecular complexity index is 69.2. The number of carbonyl (C=O) groups excluding carboxylic acids is 1. The first-order chi connectivity index (χ1) is 2.81. The zero-order chi connectivity index (χ0) is 4.99. The van der Waals surface area contributed by atoms with Crippen LogP contribution >= 0.6 is 12.9 Å². The summed E-state index contributed by atoms with van der Waals surface area (Å²) in [4.78, 5) is 9.76. The summed E-state index contributed by atoms with van der Waals surface area (Å²) in [5.41, 5.74) is 0. The van der Waals surface area contributed by atoms with E-state index in [9.17, 15) is 4.79 Å². The standard InChI is InChI=1S/C3H4O2S/c1-2-3(4)5-6/h2,6H,1H2. The molecule has 0 amide bonds. The summed E-state index contributed by atoms with van der Waals surface area (Å²) in [7, 11) is 0. The van der Waals surface area contributed by atoms with Crippen molar-refractivity contribution in [1.29, 1.82) is 0 Å². The monoisotopic (exact) mass is 104 g/mol. The maximum Gasteiger partial charge on any atom is 0.341 e. The molecule has 0 aromatic carbocycles. The summed E-state index contributed by atoms with van der Waals surface area (Å²) >= 11 is 3.17. The van der Waals surface area contributed by atoms with Gasteiger partial charge < -0.3 is 4.18 Å². The van der Waals surface area contributed by atoms with Crippen LogP contribution in [-0.4, -0.2) is 5.97 Å². The van der Waals surface area contributed by atoms with Crippen LogP contribution in [-0.2, 0) is 8.98 Å². The van der Waals surface area contributed by atoms with E-state index in [0.29, 0.717) is 0 Å². The third kappa shape index (κ3) is 1.84. The van der Waals surface area contributed by atoms with Crippen LogP contribution < -0.4 is 0 Å². The molecule has 0 rings (SSSR count). The average molecular weight is 104 g/mol. The second kappa shape index (κ2) is 2.78. The Morgan fingerprint density at radius 3 is 2.50 bits per heavy atom. The third-order valence-electron chi connectivity index (χ3n) is 0.257. The van der Waals surface area contributed by atoms with Gasteiger partial charge in [0.25, 0.3) is 0 Å². The summed E-state index contributed by atoms with van der Waals surface area (Å²) in [6.07, 6.45) is 1.03. The smallest absolute Gasteiger partial charge is 0.341 e. The molecule has 0 fully saturated rings. The van der Waals surface area contributed by atoms with E-state index in [1.807, 2.05) is 0 Å². The van der Waals surface area contributed by atoms with Gasteiger partial charge >= 0.3 is 5.97 Å². The molecule has 2 nitrogen and oxygen atoms in total. The lowest BCUT2D eigenvalue weighted by Crippen LogP contribution is -1.86. The fraction of sp³-hybridized carbons (Fsp3) is 0. The van der Waals surface area contributed by atoms with Crippen molar-refractivity contribution in [1.82, 2.24) is 0 Å². The van der Waals surface area contributed by atoms with Gasteiger partial charge in [-0.1, -0.05) is 6.58 Å². The minimum absolute atomic E-state index is 0.529. The highest BCUT2D eigenvalue weighted by Gasteiger charge is 1.83. The quantitative estimate of drug-likeness (QED) is 0.299. The number of rotatable bonds is 1. The first kappa shape index (κ1) is 5.56. The summed E-state index contributed by atoms with van der Waals surface area (Å²) in [5.74, 6) is -0.529. The number of hydrogen-bond acceptors (Lipinski definition) is 3. The van der Waals surface area contributed by atoms with E-state index in [0.717, 1.165) is 6.08 Å². The number of hydrogen-bond donors (Lipinski definition) is 1. The Morgan fingerprint density at radius 1 is 2.00 bits per heavy atom. The molecule has 3 heteroatoms. The van der Waals surface area contributed by atoms with E-state index in [1.165, 1.54) is 0 Å². The van der Waals surface area contributed by atoms with Crippen molar-refractivity contribution in [2.24, 2.45) is 0 Å². The minimum atomic E-state index is -0.529. The van der Waals surface area contributed by atoms with Crippen LogP contribution in [0.15, 0.2) is 12.7 Å². The molecule has 0 radical (unpaired) electrons. The molecule has 34 valence electrons. The summed E-state index contributed by atoms with van der Waals surface area (Å²) < 4.78 is 3.84. The second-order valence-electron chi connectivity index (χ2n) is 0.614. The Hall–Kier alpha value is -0.440. The SMILES string of the molecule is C=CC(=O)OS. The van der Waals surface area contributed by atoms with Crippen LogP contribution in [0.2, 0.25) is 0 Å². The Balaban J connectivity index is 3.23. The molecule has 0 atom stereocenters. The predicted octanol–water partition coefficient (Wildman–Crippen LogP) is 0.560. The molecule has 0 aliphatic carbocycles. The maximum atomic E-state index is 9.76. The molecule has 0 heterocycles. The lowest BCUT2D eigenvalue weighted by molar-refractivity contribution is -0.127. The molecule has 0 bridgehead atoms. The van der Waals surface area contributed by atoms with Gasteiger partial charge in [-0.3, -0.25) is 0 Å². The van der Waals surface area contributed by atoms with Gasteiger partial charge in [0, 0.05) is 19.0 Å². The van der Waals surface area contributed by atoms with Gasteiger partial charge in [0.2, 0.25) is 0 Å². The van der Waals surface area contributed by atoms with Gasteiger partial charge in [-0.05, 0) is 0 Å². The molecule has 6 heavy (non-hydrogen) atoms. The van der Waals surface area contributed by atoms with Crippen molar-refractivity contribution in [2.45, 2.75) is 0 Å². The van der Waals surface area contributed by atoms with Crippen molar-refractivity contribution in [2.75, 3.05) is 0 Å². The van der Waals surface area contributed by atoms with E-state index < -0.39 is 5.97 Å². The molecule has 0 N–H and O–H groups in total. The topological polar surface area (TPSA) is 26.3 Å². The van der Waals surface area contributed by atoms with Crippen molar-refractivity contribution < 1.29 is 8.98 Å². The van der Waals surface area contributed by atoms with Crippen LogP contribution in [0.5, 0.6) is 0 Å². The fourth-order valence-corrected chi connectivity index (χ4v) is 0.112. The largest absolute Gasteiger partial charge is 0.391 e. The van der Waals surface area contributed by atoms with Crippen molar-refractivity contribution >= 4 is 18.9 Å². The molecule has 0 aromatic rings. The Kier molecular flexibility index (Phi) is 2.58. The predicted molar refractivity (Wildman–Crippen MR) is 25.3 cm³/mol. The van der Waals surface area contributed by atoms with Crippen LogP contribution in [0.3, 0.4) is 0 Å². The van der Waals surface area contributed by atoms with Gasteiger partial charge in [-0.25, -0.2) is 4.79 Å². The highest BCUT2D eigenvalue weighted by molar-refractivity contribution is 7.75. The van der Waals surface area contributed by atoms with Gasteiger partial charge in [0.1, 0.15) is 0 Å². The molecule has 0 spiro atoms. The lowest BCUT2D eigenvalue weighted by Gasteiger charge is -1.80. The molecule has 0 aliphatic heterocycles. The molecule has 0 saturated carbocycles. The van der Waals surface area contributed by atoms with Crippen LogP contribution in [0, 0.1) is 0 Å². The normalized spacial score (nSPS) is 6.83. The molecule has 0 aromatic heterocycles. The Labute approximate surface area is 41.4 Å². The molecule has 0 unspecified atom stereocenters. The van der Waals surface area contributed by atoms with E-state index in [-0.39, 0.29) is 0 Å². The molecular formula is C3H4O2S. The van der Waals surface area contributed by atoms with Crippen LogP contribution in [0.4, 0.5) is 0 Å². The highest BCUT2D eigenvalue weighted by Crippen LogP contribution is 1.78. The van der Waals surface area contributed by atoms with Gasteiger partial charge in [0.05, 0.1) is 0 Å². The van der Waals surface area contributed by atoms with Gasteiger partial charge in [0.15, 0.2) is 0 Å². The van der Waals surface area contributed by atoms with Crippen molar-refractivity contribution in [3.05, 3.63) is 12.7 Å². The van der Waals surface area contributed by atoms with Crippen LogP contribution in [0.25, 0.3) is 0 Å². The van der Waals surface area contributed by atoms with Gasteiger partial charge in [-0.15, -0.1) is 0 Å². The zero-order valence-corrected chi connectivity index (χ0v) is 3.94. The van der Waals surface area contributed by atoms with E-state index in [2.05, 4.69) is 23.7 Å². The summed E-state index contributed by atoms with van der Waals surface area (Å²) in [5, 5.41) is 0. The Morgan fingerprint density at radius 2 is 2.50 bits per heavy atom. The number of thiol groups is 1. The second-order valence-corrected chi connectivity index (χ2v) is 0.797. The molecular weight excluding hydrogens is 100 g/mol. The van der Waals surface area contributed by atoms with Crippen molar-refractivity contribution in [3.8, 4) is 0 Å². The minimum Gasteiger partial charge on any atom is -0.391 e. The summed E-state index contributed by atoms with van der Waals surface area (Å²) in [6, 6.07) is 0. The fourth-order valence-electron chi connectivity index (χ4n) is 0.0373.